The van der Waals surface area contributed by atoms with Crippen LogP contribution in [-0.4, -0.2) is 47.1 Å². The van der Waals surface area contributed by atoms with Gasteiger partial charge in [0.2, 0.25) is 0 Å². The van der Waals surface area contributed by atoms with E-state index < -0.39 is 11.0 Å². The summed E-state index contributed by atoms with van der Waals surface area (Å²) in [6.45, 7) is 2.74. The molecule has 1 aliphatic rings. The molecule has 7 nitrogen and oxygen atoms in total. The van der Waals surface area contributed by atoms with Crippen LogP contribution in [0.2, 0.25) is 0 Å². The molecule has 1 fully saturated rings. The largest absolute Gasteiger partial charge is 0.393 e. The molecule has 0 bridgehead atoms. The lowest BCUT2D eigenvalue weighted by Gasteiger charge is -2.19. The van der Waals surface area contributed by atoms with Crippen LogP contribution in [0.5, 0.6) is 0 Å². The van der Waals surface area contributed by atoms with Gasteiger partial charge in [-0.05, 0) is 19.4 Å². The number of amides is 1. The number of nitrogens with zero attached hydrogens (tertiary/aromatic N) is 2. The Labute approximate surface area is 122 Å². The molecule has 2 unspecified atom stereocenters. The molecule has 114 valence electrons. The van der Waals surface area contributed by atoms with Gasteiger partial charge in [0.1, 0.15) is 0 Å². The van der Waals surface area contributed by atoms with E-state index in [1.54, 1.807) is 18.9 Å². The molecule has 0 aromatic heterocycles. The molecule has 0 aliphatic carbocycles. The van der Waals surface area contributed by atoms with Crippen LogP contribution in [0.4, 0.5) is 11.4 Å². The Morgan fingerprint density at radius 1 is 1.57 bits per heavy atom. The molecule has 0 spiro atoms. The van der Waals surface area contributed by atoms with E-state index in [1.807, 2.05) is 0 Å². The standard InChI is InChI=1S/C14H19N3O4/c1-9(18)10-5-6-16(8-10)14(19)12-7-11(17(20)21)3-4-13(12)15-2/h3-4,7,9-10,15,18H,5-6,8H2,1-2H3. The van der Waals surface area contributed by atoms with Crippen molar-refractivity contribution in [3.8, 4) is 0 Å². The second kappa shape index (κ2) is 6.09. The molecule has 0 radical (unpaired) electrons. The van der Waals surface area contributed by atoms with Gasteiger partial charge >= 0.3 is 0 Å². The summed E-state index contributed by atoms with van der Waals surface area (Å²) in [6.07, 6.45) is 0.282. The van der Waals surface area contributed by atoms with Crippen LogP contribution in [0.25, 0.3) is 0 Å². The summed E-state index contributed by atoms with van der Waals surface area (Å²) in [4.78, 5) is 24.5. The Morgan fingerprint density at radius 3 is 2.81 bits per heavy atom. The predicted octanol–water partition coefficient (Wildman–Crippen LogP) is 1.48. The first-order chi connectivity index (χ1) is 9.93. The molecule has 1 aliphatic heterocycles. The van der Waals surface area contributed by atoms with Gasteiger partial charge in [-0.2, -0.15) is 0 Å². The molecule has 0 saturated carbocycles. The number of aliphatic hydroxyl groups excluding tert-OH is 1. The predicted molar refractivity (Wildman–Crippen MR) is 78.3 cm³/mol. The number of nitro benzene ring substituents is 1. The summed E-state index contributed by atoms with van der Waals surface area (Å²) in [5.41, 5.74) is 0.743. The maximum absolute atomic E-state index is 12.6. The van der Waals surface area contributed by atoms with E-state index in [1.165, 1.54) is 18.2 Å². The van der Waals surface area contributed by atoms with Gasteiger partial charge in [0.05, 0.1) is 16.6 Å². The van der Waals surface area contributed by atoms with E-state index in [4.69, 9.17) is 0 Å². The fourth-order valence-corrected chi connectivity index (χ4v) is 2.58. The molecule has 1 amide bonds. The van der Waals surface area contributed by atoms with Gasteiger partial charge in [-0.15, -0.1) is 0 Å². The number of carbonyl (C=O) groups excluding carboxylic acids is 1. The molecule has 1 heterocycles. The number of nitro groups is 1. The number of anilines is 1. The third-order valence-electron chi connectivity index (χ3n) is 3.91. The van der Waals surface area contributed by atoms with Gasteiger partial charge < -0.3 is 15.3 Å². The van der Waals surface area contributed by atoms with Crippen molar-refractivity contribution in [2.75, 3.05) is 25.5 Å². The zero-order valence-electron chi connectivity index (χ0n) is 12.1. The van der Waals surface area contributed by atoms with Gasteiger partial charge in [0.25, 0.3) is 11.6 Å². The first kappa shape index (κ1) is 15.2. The third kappa shape index (κ3) is 3.13. The quantitative estimate of drug-likeness (QED) is 0.647. The highest BCUT2D eigenvalue weighted by Crippen LogP contribution is 2.27. The normalized spacial score (nSPS) is 19.4. The van der Waals surface area contributed by atoms with Crippen molar-refractivity contribution >= 4 is 17.3 Å². The summed E-state index contributed by atoms with van der Waals surface area (Å²) in [5, 5.41) is 23.3. The first-order valence-corrected chi connectivity index (χ1v) is 6.87. The highest BCUT2D eigenvalue weighted by Gasteiger charge is 2.31. The zero-order valence-corrected chi connectivity index (χ0v) is 12.1. The van der Waals surface area contributed by atoms with Crippen molar-refractivity contribution in [2.45, 2.75) is 19.4 Å². The average molecular weight is 293 g/mol. The van der Waals surface area contributed by atoms with Crippen molar-refractivity contribution in [2.24, 2.45) is 5.92 Å². The van der Waals surface area contributed by atoms with E-state index in [-0.39, 0.29) is 23.1 Å². The van der Waals surface area contributed by atoms with Crippen LogP contribution >= 0.6 is 0 Å². The van der Waals surface area contributed by atoms with Crippen LogP contribution in [0.3, 0.4) is 0 Å². The minimum absolute atomic E-state index is 0.0608. The lowest BCUT2D eigenvalue weighted by molar-refractivity contribution is -0.384. The first-order valence-electron chi connectivity index (χ1n) is 6.87. The number of hydrogen-bond acceptors (Lipinski definition) is 5. The van der Waals surface area contributed by atoms with Crippen molar-refractivity contribution < 1.29 is 14.8 Å². The number of nitrogens with one attached hydrogen (secondary N) is 1. The molecular formula is C14H19N3O4. The molecule has 7 heteroatoms. The maximum Gasteiger partial charge on any atom is 0.270 e. The van der Waals surface area contributed by atoms with Gasteiger partial charge in [-0.25, -0.2) is 0 Å². The highest BCUT2D eigenvalue weighted by molar-refractivity contribution is 6.00. The monoisotopic (exact) mass is 293 g/mol. The Balaban J connectivity index is 2.26. The van der Waals surface area contributed by atoms with Gasteiger partial charge in [-0.1, -0.05) is 0 Å². The number of hydrogen-bond donors (Lipinski definition) is 2. The molecule has 2 rings (SSSR count). The third-order valence-corrected chi connectivity index (χ3v) is 3.91. The lowest BCUT2D eigenvalue weighted by Crippen LogP contribution is -2.30. The minimum Gasteiger partial charge on any atom is -0.393 e. The Morgan fingerprint density at radius 2 is 2.29 bits per heavy atom. The van der Waals surface area contributed by atoms with E-state index in [0.29, 0.717) is 18.8 Å². The summed E-state index contributed by atoms with van der Waals surface area (Å²) < 4.78 is 0. The average Bonchev–Trinajstić information content (AvgIpc) is 2.95. The smallest absolute Gasteiger partial charge is 0.270 e. The van der Waals surface area contributed by atoms with Crippen LogP contribution in [0.1, 0.15) is 23.7 Å². The zero-order chi connectivity index (χ0) is 15.6. The van der Waals surface area contributed by atoms with Crippen LogP contribution < -0.4 is 5.32 Å². The van der Waals surface area contributed by atoms with Crippen molar-refractivity contribution in [3.63, 3.8) is 0 Å². The number of aliphatic hydroxyl groups is 1. The molecular weight excluding hydrogens is 274 g/mol. The molecule has 1 saturated heterocycles. The van der Waals surface area contributed by atoms with Gasteiger partial charge in [0, 0.05) is 43.9 Å². The Kier molecular flexibility index (Phi) is 4.42. The molecule has 21 heavy (non-hydrogen) atoms. The van der Waals surface area contributed by atoms with Crippen molar-refractivity contribution in [1.29, 1.82) is 0 Å². The van der Waals surface area contributed by atoms with Crippen molar-refractivity contribution in [1.82, 2.24) is 4.90 Å². The second-order valence-corrected chi connectivity index (χ2v) is 5.28. The molecule has 2 atom stereocenters. The van der Waals surface area contributed by atoms with Gasteiger partial charge in [0.15, 0.2) is 0 Å². The molecule has 1 aromatic rings. The fourth-order valence-electron chi connectivity index (χ4n) is 2.58. The van der Waals surface area contributed by atoms with Crippen LogP contribution in [0.15, 0.2) is 18.2 Å². The van der Waals surface area contributed by atoms with E-state index in [0.717, 1.165) is 6.42 Å². The molecule has 2 N–H and O–H groups in total. The van der Waals surface area contributed by atoms with E-state index in [2.05, 4.69) is 5.32 Å². The van der Waals surface area contributed by atoms with Crippen LogP contribution in [0, 0.1) is 16.0 Å². The number of rotatable bonds is 4. The Bertz CT molecular complexity index is 559. The second-order valence-electron chi connectivity index (χ2n) is 5.28. The number of likely N-dealkylation sites (tertiary alicyclic amines) is 1. The van der Waals surface area contributed by atoms with Crippen molar-refractivity contribution in [3.05, 3.63) is 33.9 Å². The van der Waals surface area contributed by atoms with Crippen LogP contribution in [-0.2, 0) is 0 Å². The number of benzene rings is 1. The molecule has 1 aromatic carbocycles. The van der Waals surface area contributed by atoms with E-state index >= 15 is 0 Å². The maximum atomic E-state index is 12.6. The van der Waals surface area contributed by atoms with Gasteiger partial charge in [-0.3, -0.25) is 14.9 Å². The topological polar surface area (TPSA) is 95.7 Å². The highest BCUT2D eigenvalue weighted by atomic mass is 16.6. The number of carbonyl (C=O) groups is 1. The Hall–Kier alpha value is -2.15. The minimum atomic E-state index is -0.515. The summed E-state index contributed by atoms with van der Waals surface area (Å²) in [7, 11) is 1.67. The fraction of sp³-hybridized carbons (Fsp3) is 0.500. The lowest BCUT2D eigenvalue weighted by atomic mass is 10.0. The number of non-ortho nitro benzene ring substituents is 1. The SMILES string of the molecule is CNc1ccc([N+](=O)[O-])cc1C(=O)N1CCC(C(C)O)C1. The summed E-state index contributed by atoms with van der Waals surface area (Å²) in [6, 6.07) is 4.20. The summed E-state index contributed by atoms with van der Waals surface area (Å²) in [5.74, 6) is -0.183. The summed E-state index contributed by atoms with van der Waals surface area (Å²) >= 11 is 0. The van der Waals surface area contributed by atoms with E-state index in [9.17, 15) is 20.0 Å².